The van der Waals surface area contributed by atoms with E-state index in [2.05, 4.69) is 16.0 Å². The summed E-state index contributed by atoms with van der Waals surface area (Å²) >= 11 is 0. The van der Waals surface area contributed by atoms with Crippen molar-refractivity contribution < 1.29 is 18.3 Å². The van der Waals surface area contributed by atoms with Crippen molar-refractivity contribution in [1.29, 1.82) is 0 Å². The summed E-state index contributed by atoms with van der Waals surface area (Å²) in [6.45, 7) is 3.00. The molecule has 6 rings (SSSR count). The zero-order chi connectivity index (χ0) is 22.6. The van der Waals surface area contributed by atoms with Crippen molar-refractivity contribution in [3.8, 4) is 11.1 Å². The predicted octanol–water partition coefficient (Wildman–Crippen LogP) is 4.08. The summed E-state index contributed by atoms with van der Waals surface area (Å²) in [5.74, 6) is -0.859. The minimum Gasteiger partial charge on any atom is -0.378 e. The summed E-state index contributed by atoms with van der Waals surface area (Å²) in [6, 6.07) is 9.65. The highest BCUT2D eigenvalue weighted by molar-refractivity contribution is 5.96. The van der Waals surface area contributed by atoms with E-state index >= 15 is 0 Å². The van der Waals surface area contributed by atoms with E-state index < -0.39 is 11.6 Å². The zero-order valence-corrected chi connectivity index (χ0v) is 17.9. The van der Waals surface area contributed by atoms with Crippen LogP contribution in [-0.4, -0.2) is 53.6 Å². The second kappa shape index (κ2) is 7.59. The van der Waals surface area contributed by atoms with E-state index in [1.54, 1.807) is 0 Å². The highest BCUT2D eigenvalue weighted by Gasteiger charge is 2.52. The molecule has 1 saturated carbocycles. The average molecular weight is 448 g/mol. The molecule has 6 nitrogen and oxygen atoms in total. The lowest BCUT2D eigenvalue weighted by Crippen LogP contribution is -2.40. The molecule has 0 atom stereocenters. The van der Waals surface area contributed by atoms with Gasteiger partial charge in [0.2, 0.25) is 5.95 Å². The van der Waals surface area contributed by atoms with Gasteiger partial charge in [-0.05, 0) is 42.7 Å². The first-order valence-corrected chi connectivity index (χ1v) is 11.1. The lowest BCUT2D eigenvalue weighted by atomic mass is 9.97. The van der Waals surface area contributed by atoms with Gasteiger partial charge in [0.1, 0.15) is 11.6 Å². The Morgan fingerprint density at radius 3 is 2.36 bits per heavy atom. The highest BCUT2D eigenvalue weighted by atomic mass is 19.1. The average Bonchev–Trinajstić information content (AvgIpc) is 3.56. The molecule has 0 unspecified atom stereocenters. The number of ether oxygens (including phenoxy) is 1. The molecule has 3 aliphatic rings. The molecule has 33 heavy (non-hydrogen) atoms. The minimum absolute atomic E-state index is 0.0101. The number of rotatable bonds is 3. The lowest BCUT2D eigenvalue weighted by molar-refractivity contribution is 0.0303. The maximum absolute atomic E-state index is 14.2. The summed E-state index contributed by atoms with van der Waals surface area (Å²) in [7, 11) is 0. The van der Waals surface area contributed by atoms with E-state index in [1.807, 2.05) is 21.9 Å². The molecule has 168 valence electrons. The molecule has 1 spiro atoms. The SMILES string of the molecule is O=C(c1ccc2c(c1)N(c1ncc(-c3c(F)cccc3F)cn1)CC21CC1)N1CCOCC1. The molecule has 1 saturated heterocycles. The van der Waals surface area contributed by atoms with E-state index in [0.717, 1.165) is 25.1 Å². The van der Waals surface area contributed by atoms with Crippen LogP contribution in [-0.2, 0) is 10.2 Å². The molecule has 0 bridgehead atoms. The molecule has 2 fully saturated rings. The van der Waals surface area contributed by atoms with Gasteiger partial charge in [-0.3, -0.25) is 4.79 Å². The molecule has 2 aromatic carbocycles. The quantitative estimate of drug-likeness (QED) is 0.605. The second-order valence-corrected chi connectivity index (χ2v) is 8.87. The van der Waals surface area contributed by atoms with Crippen molar-refractivity contribution in [3.63, 3.8) is 0 Å². The second-order valence-electron chi connectivity index (χ2n) is 8.87. The Morgan fingerprint density at radius 2 is 1.70 bits per heavy atom. The van der Waals surface area contributed by atoms with Crippen molar-refractivity contribution in [2.45, 2.75) is 18.3 Å². The lowest BCUT2D eigenvalue weighted by Gasteiger charge is -2.27. The van der Waals surface area contributed by atoms with Crippen LogP contribution in [0.3, 0.4) is 0 Å². The van der Waals surface area contributed by atoms with Gasteiger partial charge in [0.25, 0.3) is 5.91 Å². The Kier molecular flexibility index (Phi) is 4.65. The Bertz CT molecular complexity index is 1220. The highest BCUT2D eigenvalue weighted by Crippen LogP contribution is 2.57. The van der Waals surface area contributed by atoms with E-state index in [1.165, 1.54) is 36.2 Å². The summed E-state index contributed by atoms with van der Waals surface area (Å²) < 4.78 is 33.7. The van der Waals surface area contributed by atoms with E-state index in [9.17, 15) is 13.6 Å². The third kappa shape index (κ3) is 3.36. The van der Waals surface area contributed by atoms with Gasteiger partial charge in [-0.25, -0.2) is 18.7 Å². The number of hydrogen-bond acceptors (Lipinski definition) is 5. The smallest absolute Gasteiger partial charge is 0.254 e. The summed E-state index contributed by atoms with van der Waals surface area (Å²) in [6.07, 6.45) is 5.05. The number of nitrogens with zero attached hydrogens (tertiary/aromatic N) is 4. The molecule has 0 radical (unpaired) electrons. The molecule has 1 aromatic heterocycles. The first-order chi connectivity index (χ1) is 16.1. The number of amides is 1. The Hall–Kier alpha value is -3.39. The van der Waals surface area contributed by atoms with E-state index in [0.29, 0.717) is 37.8 Å². The Morgan fingerprint density at radius 1 is 1.00 bits per heavy atom. The monoisotopic (exact) mass is 448 g/mol. The van der Waals surface area contributed by atoms with Gasteiger partial charge < -0.3 is 14.5 Å². The van der Waals surface area contributed by atoms with Gasteiger partial charge in [-0.1, -0.05) is 12.1 Å². The topological polar surface area (TPSA) is 58.6 Å². The Labute approximate surface area is 189 Å². The van der Waals surface area contributed by atoms with Crippen LogP contribution in [0.5, 0.6) is 0 Å². The predicted molar refractivity (Wildman–Crippen MR) is 118 cm³/mol. The van der Waals surface area contributed by atoms with Crippen LogP contribution < -0.4 is 4.90 Å². The number of carbonyl (C=O) groups excluding carboxylic acids is 1. The normalized spacial score (nSPS) is 18.5. The van der Waals surface area contributed by atoms with Gasteiger partial charge in [0.05, 0.1) is 18.8 Å². The van der Waals surface area contributed by atoms with Crippen LogP contribution >= 0.6 is 0 Å². The van der Waals surface area contributed by atoms with Crippen molar-refractivity contribution in [3.05, 3.63) is 71.6 Å². The van der Waals surface area contributed by atoms with Crippen LogP contribution in [0, 0.1) is 11.6 Å². The molecule has 1 amide bonds. The number of morpholine rings is 1. The fourth-order valence-corrected chi connectivity index (χ4v) is 4.88. The van der Waals surface area contributed by atoms with E-state index in [-0.39, 0.29) is 22.4 Å². The van der Waals surface area contributed by atoms with Gasteiger partial charge >= 0.3 is 0 Å². The molecular weight excluding hydrogens is 426 g/mol. The molecule has 3 heterocycles. The summed E-state index contributed by atoms with van der Waals surface area (Å²) in [5.41, 5.74) is 2.97. The van der Waals surface area contributed by atoms with Gasteiger partial charge in [0, 0.05) is 54.3 Å². The van der Waals surface area contributed by atoms with Crippen molar-refractivity contribution in [2.24, 2.45) is 0 Å². The van der Waals surface area contributed by atoms with E-state index in [4.69, 9.17) is 4.74 Å². The molecule has 0 N–H and O–H groups in total. The molecular formula is C25H22F2N4O2. The number of halogens is 2. The first kappa shape index (κ1) is 20.2. The van der Waals surface area contributed by atoms with Crippen LogP contribution in [0.4, 0.5) is 20.4 Å². The largest absolute Gasteiger partial charge is 0.378 e. The summed E-state index contributed by atoms with van der Waals surface area (Å²) in [5, 5.41) is 0. The van der Waals surface area contributed by atoms with Gasteiger partial charge in [-0.15, -0.1) is 0 Å². The number of benzene rings is 2. The van der Waals surface area contributed by atoms with Crippen molar-refractivity contribution >= 4 is 17.5 Å². The number of hydrogen-bond donors (Lipinski definition) is 0. The molecule has 8 heteroatoms. The minimum atomic E-state index is -0.652. The molecule has 1 aliphatic carbocycles. The first-order valence-electron chi connectivity index (χ1n) is 11.1. The van der Waals surface area contributed by atoms with Crippen molar-refractivity contribution in [1.82, 2.24) is 14.9 Å². The Balaban J connectivity index is 1.34. The standard InChI is InChI=1S/C25H22F2N4O2/c26-19-2-1-3-20(27)22(19)17-13-28-24(29-14-17)31-15-25(6-7-25)18-5-4-16(12-21(18)31)23(32)30-8-10-33-11-9-30/h1-5,12-14H,6-11,15H2. The maximum Gasteiger partial charge on any atom is 0.254 e. The zero-order valence-electron chi connectivity index (χ0n) is 17.9. The van der Waals surface area contributed by atoms with Crippen LogP contribution in [0.2, 0.25) is 0 Å². The molecule has 3 aromatic rings. The van der Waals surface area contributed by atoms with Crippen LogP contribution in [0.1, 0.15) is 28.8 Å². The van der Waals surface area contributed by atoms with Crippen LogP contribution in [0.25, 0.3) is 11.1 Å². The van der Waals surface area contributed by atoms with Crippen LogP contribution in [0.15, 0.2) is 48.8 Å². The fourth-order valence-electron chi connectivity index (χ4n) is 4.88. The number of fused-ring (bicyclic) bond motifs is 2. The number of anilines is 2. The van der Waals surface area contributed by atoms with Gasteiger partial charge in [0.15, 0.2) is 0 Å². The molecule has 2 aliphatic heterocycles. The third-order valence-electron chi connectivity index (χ3n) is 6.85. The third-order valence-corrected chi connectivity index (χ3v) is 6.85. The summed E-state index contributed by atoms with van der Waals surface area (Å²) in [4.78, 5) is 25.8. The maximum atomic E-state index is 14.2. The van der Waals surface area contributed by atoms with Crippen molar-refractivity contribution in [2.75, 3.05) is 37.7 Å². The number of carbonyl (C=O) groups is 1. The fraction of sp³-hybridized carbons (Fsp3) is 0.320. The van der Waals surface area contributed by atoms with Gasteiger partial charge in [-0.2, -0.15) is 0 Å². The number of aromatic nitrogens is 2.